The largest absolute Gasteiger partial charge is 0.496 e. The Kier molecular flexibility index (Phi) is 4.91. The van der Waals surface area contributed by atoms with Crippen LogP contribution in [0.25, 0.3) is 0 Å². The fourth-order valence-corrected chi connectivity index (χ4v) is 2.72. The smallest absolute Gasteiger partial charge is 0.128 e. The van der Waals surface area contributed by atoms with Gasteiger partial charge in [0.25, 0.3) is 0 Å². The lowest BCUT2D eigenvalue weighted by atomic mass is 9.96. The number of aryl methyl sites for hydroxylation is 1. The normalized spacial score (nSPS) is 12.1. The fourth-order valence-electron chi connectivity index (χ4n) is 2.38. The zero-order chi connectivity index (χ0) is 15.6. The number of hydrogen-bond acceptors (Lipinski definition) is 3. The Morgan fingerprint density at radius 2 is 1.67 bits per heavy atom. The first kappa shape index (κ1) is 15.9. The van der Waals surface area contributed by atoms with Crippen molar-refractivity contribution in [3.8, 4) is 11.5 Å². The molecule has 0 aliphatic rings. The second-order valence-corrected chi connectivity index (χ2v) is 5.83. The summed E-state index contributed by atoms with van der Waals surface area (Å²) in [6.45, 7) is 4.01. The minimum Gasteiger partial charge on any atom is -0.496 e. The van der Waals surface area contributed by atoms with E-state index in [1.807, 2.05) is 44.2 Å². The van der Waals surface area contributed by atoms with E-state index in [1.165, 1.54) is 0 Å². The molecule has 3 nitrogen and oxygen atoms in total. The van der Waals surface area contributed by atoms with Crippen molar-refractivity contribution in [1.29, 1.82) is 0 Å². The minimum atomic E-state index is -0.803. The highest BCUT2D eigenvalue weighted by Crippen LogP contribution is 2.38. The molecular weight excluding hydrogens is 332 g/mol. The van der Waals surface area contributed by atoms with Crippen LogP contribution < -0.4 is 9.47 Å². The average Bonchev–Trinajstić information content (AvgIpc) is 2.49. The van der Waals surface area contributed by atoms with E-state index in [9.17, 15) is 5.11 Å². The lowest BCUT2D eigenvalue weighted by Gasteiger charge is -2.20. The number of hydrogen-bond donors (Lipinski definition) is 1. The Balaban J connectivity index is 2.55. The maximum atomic E-state index is 10.7. The van der Waals surface area contributed by atoms with E-state index >= 15 is 0 Å². The summed E-state index contributed by atoms with van der Waals surface area (Å²) in [5, 5.41) is 10.7. The number of rotatable bonds is 4. The molecule has 0 heterocycles. The summed E-state index contributed by atoms with van der Waals surface area (Å²) in [7, 11) is 3.21. The van der Waals surface area contributed by atoms with Crippen LogP contribution >= 0.6 is 15.9 Å². The van der Waals surface area contributed by atoms with Crippen LogP contribution in [0, 0.1) is 13.8 Å². The Labute approximate surface area is 133 Å². The second-order valence-electron chi connectivity index (χ2n) is 4.92. The van der Waals surface area contributed by atoms with Gasteiger partial charge in [0.15, 0.2) is 0 Å². The molecule has 0 aromatic heterocycles. The van der Waals surface area contributed by atoms with E-state index in [2.05, 4.69) is 15.9 Å². The first-order chi connectivity index (χ1) is 9.99. The number of aliphatic hydroxyl groups is 1. The lowest BCUT2D eigenvalue weighted by molar-refractivity contribution is 0.209. The summed E-state index contributed by atoms with van der Waals surface area (Å²) in [5.74, 6) is 1.35. The van der Waals surface area contributed by atoms with Gasteiger partial charge in [0, 0.05) is 15.6 Å². The molecule has 112 valence electrons. The van der Waals surface area contributed by atoms with Crippen LogP contribution in [0.15, 0.2) is 34.8 Å². The molecule has 0 saturated heterocycles. The van der Waals surface area contributed by atoms with Crippen molar-refractivity contribution in [3.05, 3.63) is 57.1 Å². The number of halogens is 1. The highest BCUT2D eigenvalue weighted by Gasteiger charge is 2.21. The molecule has 2 rings (SSSR count). The predicted octanol–water partition coefficient (Wildman–Crippen LogP) is 4.16. The van der Waals surface area contributed by atoms with Gasteiger partial charge in [0.1, 0.15) is 17.6 Å². The van der Waals surface area contributed by atoms with Gasteiger partial charge in [-0.05, 0) is 37.1 Å². The maximum absolute atomic E-state index is 10.7. The zero-order valence-electron chi connectivity index (χ0n) is 12.6. The molecule has 4 heteroatoms. The highest BCUT2D eigenvalue weighted by atomic mass is 79.9. The number of ether oxygens (including phenoxy) is 2. The third kappa shape index (κ3) is 3.06. The van der Waals surface area contributed by atoms with Gasteiger partial charge < -0.3 is 14.6 Å². The minimum absolute atomic E-state index is 0.636. The third-order valence-corrected chi connectivity index (χ3v) is 4.19. The van der Waals surface area contributed by atoms with Crippen LogP contribution in [0.4, 0.5) is 0 Å². The molecule has 1 atom stereocenters. The van der Waals surface area contributed by atoms with Crippen LogP contribution in [-0.2, 0) is 0 Å². The van der Waals surface area contributed by atoms with Crippen LogP contribution in [0.3, 0.4) is 0 Å². The lowest BCUT2D eigenvalue weighted by Crippen LogP contribution is -2.06. The summed E-state index contributed by atoms with van der Waals surface area (Å²) < 4.78 is 11.8. The number of aliphatic hydroxyl groups excluding tert-OH is 1. The van der Waals surface area contributed by atoms with Crippen LogP contribution in [0.5, 0.6) is 11.5 Å². The summed E-state index contributed by atoms with van der Waals surface area (Å²) >= 11 is 3.41. The topological polar surface area (TPSA) is 38.7 Å². The van der Waals surface area contributed by atoms with E-state index in [1.54, 1.807) is 14.2 Å². The van der Waals surface area contributed by atoms with Crippen molar-refractivity contribution in [2.45, 2.75) is 20.0 Å². The van der Waals surface area contributed by atoms with Gasteiger partial charge in [0.05, 0.1) is 14.2 Å². The van der Waals surface area contributed by atoms with Gasteiger partial charge in [-0.1, -0.05) is 34.1 Å². The van der Waals surface area contributed by atoms with Crippen molar-refractivity contribution in [1.82, 2.24) is 0 Å². The first-order valence-electron chi connectivity index (χ1n) is 6.65. The van der Waals surface area contributed by atoms with Gasteiger partial charge >= 0.3 is 0 Å². The summed E-state index contributed by atoms with van der Waals surface area (Å²) in [6.07, 6.45) is -0.803. The van der Waals surface area contributed by atoms with E-state index in [0.717, 1.165) is 21.2 Å². The Morgan fingerprint density at radius 1 is 1.00 bits per heavy atom. The van der Waals surface area contributed by atoms with Gasteiger partial charge in [-0.15, -0.1) is 0 Å². The van der Waals surface area contributed by atoms with E-state index in [0.29, 0.717) is 17.1 Å². The van der Waals surface area contributed by atoms with Crippen LogP contribution in [0.2, 0.25) is 0 Å². The molecule has 0 fully saturated rings. The maximum Gasteiger partial charge on any atom is 0.128 e. The zero-order valence-corrected chi connectivity index (χ0v) is 14.2. The number of methoxy groups -OCH3 is 2. The molecule has 0 bridgehead atoms. The molecular formula is C17H19BrO3. The van der Waals surface area contributed by atoms with Crippen molar-refractivity contribution in [2.75, 3.05) is 14.2 Å². The van der Waals surface area contributed by atoms with Crippen molar-refractivity contribution < 1.29 is 14.6 Å². The van der Waals surface area contributed by atoms with Crippen LogP contribution in [-0.4, -0.2) is 19.3 Å². The van der Waals surface area contributed by atoms with Gasteiger partial charge in [0.2, 0.25) is 0 Å². The van der Waals surface area contributed by atoms with E-state index in [4.69, 9.17) is 9.47 Å². The number of benzene rings is 2. The molecule has 0 aliphatic heterocycles. The van der Waals surface area contributed by atoms with Crippen LogP contribution in [0.1, 0.15) is 28.4 Å². The monoisotopic (exact) mass is 350 g/mol. The van der Waals surface area contributed by atoms with Gasteiger partial charge in [-0.25, -0.2) is 0 Å². The van der Waals surface area contributed by atoms with Crippen molar-refractivity contribution in [2.24, 2.45) is 0 Å². The second kappa shape index (κ2) is 6.50. The predicted molar refractivity (Wildman–Crippen MR) is 87.2 cm³/mol. The van der Waals surface area contributed by atoms with Crippen molar-refractivity contribution >= 4 is 15.9 Å². The highest BCUT2D eigenvalue weighted by molar-refractivity contribution is 9.10. The average molecular weight is 351 g/mol. The SMILES string of the molecule is COc1cc(Br)ccc1C(O)c1ccc(C)c(C)c1OC. The molecule has 1 N–H and O–H groups in total. The quantitative estimate of drug-likeness (QED) is 0.899. The molecule has 0 radical (unpaired) electrons. The first-order valence-corrected chi connectivity index (χ1v) is 7.44. The Hall–Kier alpha value is -1.52. The molecule has 0 aliphatic carbocycles. The molecule has 0 spiro atoms. The molecule has 0 saturated carbocycles. The summed E-state index contributed by atoms with van der Waals surface area (Å²) in [5.41, 5.74) is 3.61. The standard InChI is InChI=1S/C17H19BrO3/c1-10-5-7-14(17(21-4)11(10)2)16(19)13-8-6-12(18)9-15(13)20-3/h5-9,16,19H,1-4H3. The fraction of sp³-hybridized carbons (Fsp3) is 0.294. The molecule has 2 aromatic carbocycles. The summed E-state index contributed by atoms with van der Waals surface area (Å²) in [6, 6.07) is 9.46. The van der Waals surface area contributed by atoms with E-state index in [-0.39, 0.29) is 0 Å². The summed E-state index contributed by atoms with van der Waals surface area (Å²) in [4.78, 5) is 0. The van der Waals surface area contributed by atoms with E-state index < -0.39 is 6.10 Å². The molecule has 21 heavy (non-hydrogen) atoms. The molecule has 1 unspecified atom stereocenters. The van der Waals surface area contributed by atoms with Crippen molar-refractivity contribution in [3.63, 3.8) is 0 Å². The Morgan fingerprint density at radius 3 is 2.29 bits per heavy atom. The molecule has 2 aromatic rings. The van der Waals surface area contributed by atoms with Gasteiger partial charge in [-0.3, -0.25) is 0 Å². The van der Waals surface area contributed by atoms with Gasteiger partial charge in [-0.2, -0.15) is 0 Å². The molecule has 0 amide bonds. The Bertz CT molecular complexity index is 653. The third-order valence-electron chi connectivity index (χ3n) is 3.70.